The summed E-state index contributed by atoms with van der Waals surface area (Å²) in [5, 5.41) is 0. The average molecular weight is 163 g/mol. The van der Waals surface area contributed by atoms with Gasteiger partial charge in [0.15, 0.2) is 5.78 Å². The van der Waals surface area contributed by atoms with Gasteiger partial charge in [0.2, 0.25) is 0 Å². The summed E-state index contributed by atoms with van der Waals surface area (Å²) in [7, 11) is 0. The van der Waals surface area contributed by atoms with Crippen LogP contribution in [-0.2, 0) is 6.42 Å². The molecule has 2 nitrogen and oxygen atoms in total. The van der Waals surface area contributed by atoms with Gasteiger partial charge in [-0.2, -0.15) is 0 Å². The maximum absolute atomic E-state index is 11.5. The number of ketones is 1. The van der Waals surface area contributed by atoms with Gasteiger partial charge in [0, 0.05) is 23.4 Å². The molecular weight excluding hydrogens is 150 g/mol. The number of rotatable bonds is 0. The molecule has 0 saturated heterocycles. The van der Waals surface area contributed by atoms with Gasteiger partial charge in [0.05, 0.1) is 0 Å². The second kappa shape index (κ2) is 2.77. The molecule has 0 amide bonds. The van der Waals surface area contributed by atoms with Crippen molar-refractivity contribution in [1.82, 2.24) is 4.98 Å². The summed E-state index contributed by atoms with van der Waals surface area (Å²) in [5.74, 6) is 0.312. The Morgan fingerprint density at radius 1 is 1.33 bits per heavy atom. The van der Waals surface area contributed by atoms with Crippen LogP contribution in [0, 0.1) is 6.92 Å². The van der Waals surface area contributed by atoms with Crippen LogP contribution in [0.1, 0.15) is 41.0 Å². The fourth-order valence-electron chi connectivity index (χ4n) is 1.81. The van der Waals surface area contributed by atoms with E-state index in [0.717, 1.165) is 42.6 Å². The van der Waals surface area contributed by atoms with E-state index in [4.69, 9.17) is 0 Å². The molecular formula is C10H13NO. The quantitative estimate of drug-likeness (QED) is 0.584. The number of hydrogen-bond acceptors (Lipinski definition) is 1. The van der Waals surface area contributed by atoms with Crippen molar-refractivity contribution >= 4 is 5.78 Å². The lowest BCUT2D eigenvalue weighted by atomic mass is 10.1. The fraction of sp³-hybridized carbons (Fsp3) is 0.500. The molecule has 0 aromatic carbocycles. The molecule has 0 spiro atoms. The van der Waals surface area contributed by atoms with Crippen LogP contribution in [0.15, 0.2) is 6.07 Å². The highest BCUT2D eigenvalue weighted by Crippen LogP contribution is 2.20. The number of nitrogens with one attached hydrogen (secondary N) is 1. The Morgan fingerprint density at radius 2 is 2.08 bits per heavy atom. The Morgan fingerprint density at radius 3 is 2.92 bits per heavy atom. The van der Waals surface area contributed by atoms with Crippen molar-refractivity contribution in [3.8, 4) is 0 Å². The molecule has 0 atom stereocenters. The molecule has 64 valence electrons. The first kappa shape index (κ1) is 7.59. The van der Waals surface area contributed by atoms with Gasteiger partial charge in [0.25, 0.3) is 0 Å². The zero-order chi connectivity index (χ0) is 8.55. The standard InChI is InChI=1S/C10H13NO/c1-7-6-8-9(11-7)4-2-3-5-10(8)12/h6,11H,2-5H2,1H3. The lowest BCUT2D eigenvalue weighted by Crippen LogP contribution is -1.96. The number of Topliss-reactive ketones (excluding diaryl/α,β-unsaturated/α-hetero) is 1. The van der Waals surface area contributed by atoms with Crippen LogP contribution in [0.2, 0.25) is 0 Å². The fourth-order valence-corrected chi connectivity index (χ4v) is 1.81. The van der Waals surface area contributed by atoms with Crippen LogP contribution in [0.25, 0.3) is 0 Å². The normalized spacial score (nSPS) is 17.2. The van der Waals surface area contributed by atoms with E-state index in [1.54, 1.807) is 0 Å². The minimum absolute atomic E-state index is 0.312. The molecule has 1 aromatic rings. The van der Waals surface area contributed by atoms with Gasteiger partial charge in [-0.3, -0.25) is 4.79 Å². The van der Waals surface area contributed by atoms with E-state index in [1.165, 1.54) is 0 Å². The molecule has 1 N–H and O–H groups in total. The van der Waals surface area contributed by atoms with Crippen LogP contribution in [-0.4, -0.2) is 10.8 Å². The molecule has 1 aromatic heterocycles. The third kappa shape index (κ3) is 1.17. The second-order valence-corrected chi connectivity index (χ2v) is 3.47. The Hall–Kier alpha value is -1.05. The number of H-pyrrole nitrogens is 1. The molecule has 1 aliphatic rings. The first-order valence-electron chi connectivity index (χ1n) is 4.49. The zero-order valence-electron chi connectivity index (χ0n) is 7.31. The summed E-state index contributed by atoms with van der Waals surface area (Å²) in [6.45, 7) is 2.00. The van der Waals surface area contributed by atoms with Gasteiger partial charge in [-0.1, -0.05) is 0 Å². The highest BCUT2D eigenvalue weighted by molar-refractivity contribution is 5.97. The lowest BCUT2D eigenvalue weighted by molar-refractivity contribution is 0.0982. The van der Waals surface area contributed by atoms with Crippen molar-refractivity contribution < 1.29 is 4.79 Å². The molecule has 0 fully saturated rings. The number of aromatic amines is 1. The smallest absolute Gasteiger partial charge is 0.164 e. The zero-order valence-corrected chi connectivity index (χ0v) is 7.31. The van der Waals surface area contributed by atoms with Crippen molar-refractivity contribution in [2.24, 2.45) is 0 Å². The van der Waals surface area contributed by atoms with E-state index in [-0.39, 0.29) is 0 Å². The van der Waals surface area contributed by atoms with Gasteiger partial charge in [-0.05, 0) is 32.3 Å². The lowest BCUT2D eigenvalue weighted by Gasteiger charge is -1.93. The predicted molar refractivity (Wildman–Crippen MR) is 47.4 cm³/mol. The Kier molecular flexibility index (Phi) is 1.75. The molecule has 1 aliphatic carbocycles. The van der Waals surface area contributed by atoms with E-state index >= 15 is 0 Å². The van der Waals surface area contributed by atoms with Gasteiger partial charge >= 0.3 is 0 Å². The maximum Gasteiger partial charge on any atom is 0.164 e. The summed E-state index contributed by atoms with van der Waals surface area (Å²) >= 11 is 0. The summed E-state index contributed by atoms with van der Waals surface area (Å²) in [6, 6.07) is 1.98. The largest absolute Gasteiger partial charge is 0.362 e. The molecule has 0 radical (unpaired) electrons. The van der Waals surface area contributed by atoms with E-state index in [2.05, 4.69) is 4.98 Å². The van der Waals surface area contributed by atoms with Gasteiger partial charge in [0.1, 0.15) is 0 Å². The van der Waals surface area contributed by atoms with Gasteiger partial charge in [-0.25, -0.2) is 0 Å². The topological polar surface area (TPSA) is 32.9 Å². The summed E-state index contributed by atoms with van der Waals surface area (Å²) < 4.78 is 0. The van der Waals surface area contributed by atoms with Crippen molar-refractivity contribution in [3.63, 3.8) is 0 Å². The maximum atomic E-state index is 11.5. The number of aryl methyl sites for hydroxylation is 2. The van der Waals surface area contributed by atoms with Crippen LogP contribution < -0.4 is 0 Å². The van der Waals surface area contributed by atoms with E-state index in [1.807, 2.05) is 13.0 Å². The molecule has 0 aliphatic heterocycles. The SMILES string of the molecule is Cc1cc2c([nH]1)CCCCC2=O. The van der Waals surface area contributed by atoms with E-state index in [0.29, 0.717) is 5.78 Å². The van der Waals surface area contributed by atoms with Crippen LogP contribution in [0.4, 0.5) is 0 Å². The molecule has 1 heterocycles. The summed E-state index contributed by atoms with van der Waals surface area (Å²) in [6.07, 6.45) is 3.94. The first-order chi connectivity index (χ1) is 5.77. The second-order valence-electron chi connectivity index (χ2n) is 3.47. The molecule has 0 saturated carbocycles. The molecule has 2 heteroatoms. The summed E-state index contributed by atoms with van der Waals surface area (Å²) in [4.78, 5) is 14.7. The molecule has 0 bridgehead atoms. The Labute approximate surface area is 72.0 Å². The van der Waals surface area contributed by atoms with Crippen molar-refractivity contribution in [2.45, 2.75) is 32.6 Å². The van der Waals surface area contributed by atoms with Gasteiger partial charge in [-0.15, -0.1) is 0 Å². The third-order valence-corrected chi connectivity index (χ3v) is 2.42. The predicted octanol–water partition coefficient (Wildman–Crippen LogP) is 2.23. The van der Waals surface area contributed by atoms with E-state index in [9.17, 15) is 4.79 Å². The van der Waals surface area contributed by atoms with Crippen molar-refractivity contribution in [1.29, 1.82) is 0 Å². The van der Waals surface area contributed by atoms with Crippen molar-refractivity contribution in [3.05, 3.63) is 23.0 Å². The van der Waals surface area contributed by atoms with Crippen LogP contribution in [0.3, 0.4) is 0 Å². The molecule has 2 rings (SSSR count). The summed E-state index contributed by atoms with van der Waals surface area (Å²) in [5.41, 5.74) is 3.19. The Bertz CT molecular complexity index is 312. The monoisotopic (exact) mass is 163 g/mol. The highest BCUT2D eigenvalue weighted by atomic mass is 16.1. The average Bonchev–Trinajstić information content (AvgIpc) is 2.33. The number of aromatic nitrogens is 1. The third-order valence-electron chi connectivity index (χ3n) is 2.42. The van der Waals surface area contributed by atoms with Crippen LogP contribution >= 0.6 is 0 Å². The first-order valence-corrected chi connectivity index (χ1v) is 4.49. The number of carbonyl (C=O) groups is 1. The number of carbonyl (C=O) groups excluding carboxylic acids is 1. The molecule has 12 heavy (non-hydrogen) atoms. The highest BCUT2D eigenvalue weighted by Gasteiger charge is 2.16. The Balaban J connectivity index is 2.44. The van der Waals surface area contributed by atoms with Gasteiger partial charge < -0.3 is 4.98 Å². The number of hydrogen-bond donors (Lipinski definition) is 1. The minimum Gasteiger partial charge on any atom is -0.362 e. The minimum atomic E-state index is 0.312. The molecule has 0 unspecified atom stereocenters. The van der Waals surface area contributed by atoms with Crippen molar-refractivity contribution in [2.75, 3.05) is 0 Å². The number of fused-ring (bicyclic) bond motifs is 1. The van der Waals surface area contributed by atoms with Crippen LogP contribution in [0.5, 0.6) is 0 Å². The van der Waals surface area contributed by atoms with E-state index < -0.39 is 0 Å².